The summed E-state index contributed by atoms with van der Waals surface area (Å²) in [5, 5.41) is 0. The molecule has 0 aromatic rings. The fraction of sp³-hybridized carbons (Fsp3) is 0.935. The monoisotopic (exact) mass is 737 g/mol. The average Bonchev–Trinajstić information content (AvgIpc) is 3.12. The third-order valence-electron chi connectivity index (χ3n) is 10.3. The molecule has 0 aromatic heterocycles. The highest BCUT2D eigenvalue weighted by atomic mass is 16.6. The van der Waals surface area contributed by atoms with E-state index >= 15 is 0 Å². The minimum absolute atomic E-state index is 0.0643. The summed E-state index contributed by atoms with van der Waals surface area (Å²) in [6, 6.07) is 0. The van der Waals surface area contributed by atoms with Crippen LogP contribution in [0.25, 0.3) is 0 Å². The molecule has 1 atom stereocenters. The number of ether oxygens (including phenoxy) is 3. The summed E-state index contributed by atoms with van der Waals surface area (Å²) in [6.45, 7) is 8.95. The maximum Gasteiger partial charge on any atom is 0.306 e. The van der Waals surface area contributed by atoms with Gasteiger partial charge in [-0.15, -0.1) is 0 Å². The highest BCUT2D eigenvalue weighted by Gasteiger charge is 2.19. The Hall–Kier alpha value is -1.59. The van der Waals surface area contributed by atoms with Crippen LogP contribution in [0, 0.1) is 5.92 Å². The first kappa shape index (κ1) is 50.4. The Morgan fingerprint density at radius 2 is 0.635 bits per heavy atom. The molecule has 0 aliphatic heterocycles. The van der Waals surface area contributed by atoms with Gasteiger partial charge in [-0.05, 0) is 25.2 Å². The molecule has 0 aliphatic carbocycles. The molecule has 6 heteroatoms. The van der Waals surface area contributed by atoms with Crippen molar-refractivity contribution in [1.82, 2.24) is 0 Å². The van der Waals surface area contributed by atoms with Crippen molar-refractivity contribution in [2.24, 2.45) is 5.92 Å². The van der Waals surface area contributed by atoms with E-state index in [-0.39, 0.29) is 31.1 Å². The Balaban J connectivity index is 4.31. The summed E-state index contributed by atoms with van der Waals surface area (Å²) in [7, 11) is 0. The van der Waals surface area contributed by atoms with Crippen LogP contribution in [0.3, 0.4) is 0 Å². The van der Waals surface area contributed by atoms with Gasteiger partial charge in [0.2, 0.25) is 0 Å². The van der Waals surface area contributed by atoms with E-state index in [0.29, 0.717) is 19.3 Å². The molecule has 0 saturated carbocycles. The number of rotatable bonds is 41. The molecule has 0 bridgehead atoms. The average molecular weight is 737 g/mol. The lowest BCUT2D eigenvalue weighted by atomic mass is 10.0. The highest BCUT2D eigenvalue weighted by molar-refractivity contribution is 5.71. The third-order valence-corrected chi connectivity index (χ3v) is 10.3. The molecule has 0 heterocycles. The maximum atomic E-state index is 12.7. The van der Waals surface area contributed by atoms with Gasteiger partial charge in [0.05, 0.1) is 0 Å². The van der Waals surface area contributed by atoms with Gasteiger partial charge in [-0.25, -0.2) is 0 Å². The van der Waals surface area contributed by atoms with Crippen LogP contribution in [0.4, 0.5) is 0 Å². The first-order chi connectivity index (χ1) is 25.4. The minimum atomic E-state index is -0.758. The Morgan fingerprint density at radius 3 is 0.942 bits per heavy atom. The van der Waals surface area contributed by atoms with Crippen LogP contribution in [0.1, 0.15) is 252 Å². The van der Waals surface area contributed by atoms with Gasteiger partial charge in [-0.2, -0.15) is 0 Å². The molecule has 0 rings (SSSR count). The molecule has 0 radical (unpaired) electrons. The van der Waals surface area contributed by atoms with Crippen molar-refractivity contribution in [3.63, 3.8) is 0 Å². The van der Waals surface area contributed by atoms with Crippen LogP contribution in [0.5, 0.6) is 0 Å². The summed E-state index contributed by atoms with van der Waals surface area (Å²) in [5.41, 5.74) is 0. The largest absolute Gasteiger partial charge is 0.462 e. The third kappa shape index (κ3) is 39.6. The van der Waals surface area contributed by atoms with Crippen LogP contribution in [0.2, 0.25) is 0 Å². The molecule has 0 aromatic carbocycles. The normalized spacial score (nSPS) is 11.9. The highest BCUT2D eigenvalue weighted by Crippen LogP contribution is 2.16. The Labute approximate surface area is 323 Å². The first-order valence-electron chi connectivity index (χ1n) is 22.9. The molecule has 0 saturated heterocycles. The maximum absolute atomic E-state index is 12.7. The molecular formula is C46H88O6. The Morgan fingerprint density at radius 1 is 0.365 bits per heavy atom. The van der Waals surface area contributed by atoms with Crippen LogP contribution in [-0.2, 0) is 28.6 Å². The summed E-state index contributed by atoms with van der Waals surface area (Å²) in [6.07, 6.45) is 39.5. The van der Waals surface area contributed by atoms with Gasteiger partial charge in [-0.3, -0.25) is 14.4 Å². The number of carbonyl (C=O) groups is 3. The van der Waals surface area contributed by atoms with E-state index in [2.05, 4.69) is 27.7 Å². The van der Waals surface area contributed by atoms with Crippen LogP contribution >= 0.6 is 0 Å². The smallest absolute Gasteiger partial charge is 0.306 e. The molecule has 0 amide bonds. The SMILES string of the molecule is CCCCCCCCCCCCCCCCC(=O)O[C@H](COC(=O)CCCCCCCCCCC)COC(=O)CCCCCCCCCCC(C)C. The number of esters is 3. The van der Waals surface area contributed by atoms with Gasteiger partial charge >= 0.3 is 17.9 Å². The van der Waals surface area contributed by atoms with Crippen molar-refractivity contribution in [2.45, 2.75) is 259 Å². The molecular weight excluding hydrogens is 648 g/mol. The number of unbranched alkanes of at least 4 members (excludes halogenated alkanes) is 28. The summed E-state index contributed by atoms with van der Waals surface area (Å²) >= 11 is 0. The van der Waals surface area contributed by atoms with E-state index in [1.54, 1.807) is 0 Å². The topological polar surface area (TPSA) is 78.9 Å². The van der Waals surface area contributed by atoms with E-state index in [1.807, 2.05) is 0 Å². The standard InChI is InChI=1S/C46H88O6/c1-5-7-9-11-13-15-16-17-18-19-21-27-31-35-39-46(49)52-43(40-50-44(47)37-33-29-25-20-14-12-10-8-6-2)41-51-45(48)38-34-30-26-23-22-24-28-32-36-42(3)4/h42-43H,5-41H2,1-4H3/t43-/m1/s1. The quantitative estimate of drug-likeness (QED) is 0.0353. The van der Waals surface area contributed by atoms with Crippen LogP contribution in [0.15, 0.2) is 0 Å². The molecule has 0 spiro atoms. The fourth-order valence-corrected chi connectivity index (χ4v) is 6.80. The fourth-order valence-electron chi connectivity index (χ4n) is 6.80. The van der Waals surface area contributed by atoms with E-state index < -0.39 is 6.10 Å². The second kappa shape index (κ2) is 40.6. The van der Waals surface area contributed by atoms with Crippen LogP contribution in [-0.4, -0.2) is 37.2 Å². The van der Waals surface area contributed by atoms with E-state index in [4.69, 9.17) is 14.2 Å². The molecule has 0 aliphatic rings. The predicted molar refractivity (Wildman–Crippen MR) is 220 cm³/mol. The van der Waals surface area contributed by atoms with Crippen molar-refractivity contribution < 1.29 is 28.6 Å². The summed E-state index contributed by atoms with van der Waals surface area (Å²) in [4.78, 5) is 37.6. The first-order valence-corrected chi connectivity index (χ1v) is 22.9. The van der Waals surface area contributed by atoms with Crippen molar-refractivity contribution in [2.75, 3.05) is 13.2 Å². The van der Waals surface area contributed by atoms with Gasteiger partial charge in [0.15, 0.2) is 6.10 Å². The molecule has 0 N–H and O–H groups in total. The zero-order valence-corrected chi connectivity index (χ0v) is 35.3. The Bertz CT molecular complexity index is 781. The van der Waals surface area contributed by atoms with Gasteiger partial charge in [-0.1, -0.05) is 214 Å². The number of carbonyl (C=O) groups excluding carboxylic acids is 3. The van der Waals surface area contributed by atoms with Crippen molar-refractivity contribution in [3.8, 4) is 0 Å². The number of hydrogen-bond acceptors (Lipinski definition) is 6. The second-order valence-electron chi connectivity index (χ2n) is 16.2. The van der Waals surface area contributed by atoms with Gasteiger partial charge in [0, 0.05) is 19.3 Å². The number of hydrogen-bond donors (Lipinski definition) is 0. The van der Waals surface area contributed by atoms with Crippen molar-refractivity contribution >= 4 is 17.9 Å². The molecule has 6 nitrogen and oxygen atoms in total. The van der Waals surface area contributed by atoms with Gasteiger partial charge < -0.3 is 14.2 Å². The van der Waals surface area contributed by atoms with Crippen molar-refractivity contribution in [1.29, 1.82) is 0 Å². The molecule has 52 heavy (non-hydrogen) atoms. The van der Waals surface area contributed by atoms with E-state index in [0.717, 1.165) is 63.7 Å². The van der Waals surface area contributed by atoms with Gasteiger partial charge in [0.1, 0.15) is 13.2 Å². The summed E-state index contributed by atoms with van der Waals surface area (Å²) < 4.78 is 16.7. The minimum Gasteiger partial charge on any atom is -0.462 e. The van der Waals surface area contributed by atoms with Crippen molar-refractivity contribution in [3.05, 3.63) is 0 Å². The molecule has 0 unspecified atom stereocenters. The molecule has 0 fully saturated rings. The predicted octanol–water partition coefficient (Wildman–Crippen LogP) is 14.3. The van der Waals surface area contributed by atoms with E-state index in [1.165, 1.54) is 148 Å². The zero-order chi connectivity index (χ0) is 38.2. The lowest BCUT2D eigenvalue weighted by Crippen LogP contribution is -2.30. The summed E-state index contributed by atoms with van der Waals surface area (Å²) in [5.74, 6) is -0.0608. The second-order valence-corrected chi connectivity index (χ2v) is 16.2. The van der Waals surface area contributed by atoms with Crippen LogP contribution < -0.4 is 0 Å². The lowest BCUT2D eigenvalue weighted by molar-refractivity contribution is -0.167. The lowest BCUT2D eigenvalue weighted by Gasteiger charge is -2.18. The zero-order valence-electron chi connectivity index (χ0n) is 35.3. The van der Waals surface area contributed by atoms with E-state index in [9.17, 15) is 14.4 Å². The van der Waals surface area contributed by atoms with Gasteiger partial charge in [0.25, 0.3) is 0 Å². The Kier molecular flexibility index (Phi) is 39.4. The molecule has 308 valence electrons.